The molecule has 0 atom stereocenters. The SMILES string of the molecule is N#CC(C#N)=CNc1ccccc1C(=O)NCCCN1CCOCC1. The Morgan fingerprint density at radius 3 is 2.68 bits per heavy atom. The van der Waals surface area contributed by atoms with Crippen LogP contribution in [-0.2, 0) is 4.74 Å². The van der Waals surface area contributed by atoms with Gasteiger partial charge in [0.2, 0.25) is 0 Å². The van der Waals surface area contributed by atoms with Crippen LogP contribution >= 0.6 is 0 Å². The van der Waals surface area contributed by atoms with Crippen LogP contribution in [0.4, 0.5) is 5.69 Å². The Labute approximate surface area is 147 Å². The first-order chi connectivity index (χ1) is 12.2. The van der Waals surface area contributed by atoms with Crippen molar-refractivity contribution in [3.05, 3.63) is 41.6 Å². The fourth-order valence-corrected chi connectivity index (χ4v) is 2.47. The minimum atomic E-state index is -0.186. The second-order valence-electron chi connectivity index (χ2n) is 5.54. The molecule has 7 heteroatoms. The van der Waals surface area contributed by atoms with Crippen molar-refractivity contribution < 1.29 is 9.53 Å². The third-order valence-corrected chi connectivity index (χ3v) is 3.82. The van der Waals surface area contributed by atoms with Gasteiger partial charge in [0, 0.05) is 25.8 Å². The predicted molar refractivity (Wildman–Crippen MR) is 93.6 cm³/mol. The van der Waals surface area contributed by atoms with Gasteiger partial charge in [0.25, 0.3) is 5.91 Å². The molecule has 1 saturated heterocycles. The van der Waals surface area contributed by atoms with Crippen LogP contribution in [0.1, 0.15) is 16.8 Å². The maximum Gasteiger partial charge on any atom is 0.253 e. The number of ether oxygens (including phenoxy) is 1. The molecule has 1 aliphatic rings. The average Bonchev–Trinajstić information content (AvgIpc) is 2.67. The van der Waals surface area contributed by atoms with Crippen LogP contribution in [0.3, 0.4) is 0 Å². The van der Waals surface area contributed by atoms with E-state index in [1.165, 1.54) is 6.20 Å². The number of nitrogens with zero attached hydrogens (tertiary/aromatic N) is 3. The van der Waals surface area contributed by atoms with Crippen LogP contribution in [0.2, 0.25) is 0 Å². The molecule has 0 spiro atoms. The third-order valence-electron chi connectivity index (χ3n) is 3.82. The molecule has 0 radical (unpaired) electrons. The van der Waals surface area contributed by atoms with Crippen LogP contribution in [-0.4, -0.2) is 50.2 Å². The topological polar surface area (TPSA) is 101 Å². The van der Waals surface area contributed by atoms with Gasteiger partial charge in [-0.05, 0) is 25.1 Å². The molecule has 7 nitrogen and oxygen atoms in total. The van der Waals surface area contributed by atoms with Crippen molar-refractivity contribution >= 4 is 11.6 Å². The fourth-order valence-electron chi connectivity index (χ4n) is 2.47. The highest BCUT2D eigenvalue weighted by Gasteiger charge is 2.12. The summed E-state index contributed by atoms with van der Waals surface area (Å²) in [7, 11) is 0. The maximum atomic E-state index is 12.4. The standard InChI is InChI=1S/C18H21N5O2/c19-12-15(13-20)14-22-17-5-2-1-4-16(17)18(24)21-6-3-7-23-8-10-25-11-9-23/h1-2,4-5,14,22H,3,6-11H2,(H,21,24). The molecule has 2 rings (SSSR count). The quantitative estimate of drug-likeness (QED) is 0.576. The van der Waals surface area contributed by atoms with Gasteiger partial charge in [-0.3, -0.25) is 9.69 Å². The minimum Gasteiger partial charge on any atom is -0.379 e. The number of allylic oxidation sites excluding steroid dienone is 1. The summed E-state index contributed by atoms with van der Waals surface area (Å²) in [6, 6.07) is 10.5. The molecule has 1 aromatic rings. The Balaban J connectivity index is 1.85. The summed E-state index contributed by atoms with van der Waals surface area (Å²) < 4.78 is 5.31. The molecule has 1 fully saturated rings. The first-order valence-electron chi connectivity index (χ1n) is 8.19. The Hall–Kier alpha value is -2.87. The minimum absolute atomic E-state index is 0.0549. The summed E-state index contributed by atoms with van der Waals surface area (Å²) in [5, 5.41) is 23.3. The smallest absolute Gasteiger partial charge is 0.253 e. The molecule has 0 aromatic heterocycles. The monoisotopic (exact) mass is 339 g/mol. The Kier molecular flexibility index (Phi) is 7.45. The van der Waals surface area contributed by atoms with Gasteiger partial charge >= 0.3 is 0 Å². The van der Waals surface area contributed by atoms with Gasteiger partial charge in [-0.15, -0.1) is 0 Å². The summed E-state index contributed by atoms with van der Waals surface area (Å²) in [5.74, 6) is -0.186. The molecule has 2 N–H and O–H groups in total. The second-order valence-corrected chi connectivity index (χ2v) is 5.54. The lowest BCUT2D eigenvalue weighted by Crippen LogP contribution is -2.38. The van der Waals surface area contributed by atoms with E-state index in [0.717, 1.165) is 39.3 Å². The molecule has 130 valence electrons. The summed E-state index contributed by atoms with van der Waals surface area (Å²) >= 11 is 0. The lowest BCUT2D eigenvalue weighted by atomic mass is 10.1. The van der Waals surface area contributed by atoms with Crippen molar-refractivity contribution in [2.75, 3.05) is 44.7 Å². The van der Waals surface area contributed by atoms with E-state index in [1.807, 2.05) is 0 Å². The summed E-state index contributed by atoms with van der Waals surface area (Å²) in [6.45, 7) is 4.93. The second kappa shape index (κ2) is 10.1. The lowest BCUT2D eigenvalue weighted by molar-refractivity contribution is 0.0374. The Morgan fingerprint density at radius 1 is 1.24 bits per heavy atom. The van der Waals surface area contributed by atoms with E-state index in [0.29, 0.717) is 17.8 Å². The molecule has 0 bridgehead atoms. The zero-order chi connectivity index (χ0) is 17.9. The van der Waals surface area contributed by atoms with E-state index >= 15 is 0 Å². The number of benzene rings is 1. The van der Waals surface area contributed by atoms with Crippen molar-refractivity contribution in [3.63, 3.8) is 0 Å². The van der Waals surface area contributed by atoms with E-state index in [-0.39, 0.29) is 11.5 Å². The number of carbonyl (C=O) groups is 1. The first-order valence-corrected chi connectivity index (χ1v) is 8.19. The lowest BCUT2D eigenvalue weighted by Gasteiger charge is -2.26. The van der Waals surface area contributed by atoms with Crippen LogP contribution < -0.4 is 10.6 Å². The number of carbonyl (C=O) groups excluding carboxylic acids is 1. The number of para-hydroxylation sites is 1. The van der Waals surface area contributed by atoms with Gasteiger partial charge in [-0.2, -0.15) is 10.5 Å². The molecular formula is C18H21N5O2. The predicted octanol–water partition coefficient (Wildman–Crippen LogP) is 1.48. The van der Waals surface area contributed by atoms with Crippen LogP contribution in [0.5, 0.6) is 0 Å². The van der Waals surface area contributed by atoms with Crippen molar-refractivity contribution in [2.24, 2.45) is 0 Å². The Morgan fingerprint density at radius 2 is 1.96 bits per heavy atom. The number of hydrogen-bond donors (Lipinski definition) is 2. The number of morpholine rings is 1. The average molecular weight is 339 g/mol. The molecule has 0 unspecified atom stereocenters. The van der Waals surface area contributed by atoms with Crippen LogP contribution in [0.25, 0.3) is 0 Å². The highest BCUT2D eigenvalue weighted by Crippen LogP contribution is 2.15. The van der Waals surface area contributed by atoms with Gasteiger partial charge in [-0.25, -0.2) is 0 Å². The normalized spacial score (nSPS) is 14.0. The number of anilines is 1. The largest absolute Gasteiger partial charge is 0.379 e. The van der Waals surface area contributed by atoms with E-state index in [2.05, 4.69) is 15.5 Å². The molecular weight excluding hydrogens is 318 g/mol. The molecule has 1 aromatic carbocycles. The molecule has 1 amide bonds. The van der Waals surface area contributed by atoms with E-state index in [1.54, 1.807) is 36.4 Å². The number of hydrogen-bond acceptors (Lipinski definition) is 6. The van der Waals surface area contributed by atoms with Crippen LogP contribution in [0, 0.1) is 22.7 Å². The van der Waals surface area contributed by atoms with Crippen LogP contribution in [0.15, 0.2) is 36.0 Å². The molecule has 25 heavy (non-hydrogen) atoms. The van der Waals surface area contributed by atoms with E-state index < -0.39 is 0 Å². The van der Waals surface area contributed by atoms with Gasteiger partial charge in [0.05, 0.1) is 24.5 Å². The van der Waals surface area contributed by atoms with Gasteiger partial charge < -0.3 is 15.4 Å². The zero-order valence-electron chi connectivity index (χ0n) is 14.0. The summed E-state index contributed by atoms with van der Waals surface area (Å²) in [5.41, 5.74) is 0.970. The van der Waals surface area contributed by atoms with E-state index in [9.17, 15) is 4.79 Å². The number of nitrogens with one attached hydrogen (secondary N) is 2. The first kappa shape index (κ1) is 18.5. The number of nitriles is 2. The van der Waals surface area contributed by atoms with Gasteiger partial charge in [0.1, 0.15) is 17.7 Å². The van der Waals surface area contributed by atoms with Gasteiger partial charge in [0.15, 0.2) is 0 Å². The van der Waals surface area contributed by atoms with Crippen molar-refractivity contribution in [1.82, 2.24) is 10.2 Å². The fraction of sp³-hybridized carbons (Fsp3) is 0.389. The Bertz CT molecular complexity index is 680. The van der Waals surface area contributed by atoms with Gasteiger partial charge in [-0.1, -0.05) is 12.1 Å². The van der Waals surface area contributed by atoms with E-state index in [4.69, 9.17) is 15.3 Å². The molecule has 1 heterocycles. The molecule has 0 saturated carbocycles. The number of amides is 1. The highest BCUT2D eigenvalue weighted by molar-refractivity contribution is 5.99. The summed E-state index contributed by atoms with van der Waals surface area (Å²) in [6.07, 6.45) is 2.17. The molecule has 1 aliphatic heterocycles. The highest BCUT2D eigenvalue weighted by atomic mass is 16.5. The summed E-state index contributed by atoms with van der Waals surface area (Å²) in [4.78, 5) is 14.7. The third kappa shape index (κ3) is 5.92. The maximum absolute atomic E-state index is 12.4. The number of rotatable bonds is 7. The molecule has 0 aliphatic carbocycles. The zero-order valence-corrected chi connectivity index (χ0v) is 14.0. The van der Waals surface area contributed by atoms with Crippen molar-refractivity contribution in [1.29, 1.82) is 10.5 Å². The van der Waals surface area contributed by atoms with Crippen molar-refractivity contribution in [3.8, 4) is 12.1 Å². The van der Waals surface area contributed by atoms with Crippen molar-refractivity contribution in [2.45, 2.75) is 6.42 Å².